The molecule has 1 aliphatic heterocycles. The molecule has 20 heavy (non-hydrogen) atoms. The van der Waals surface area contributed by atoms with Gasteiger partial charge in [0, 0.05) is 16.3 Å². The minimum absolute atomic E-state index is 0.796. The van der Waals surface area contributed by atoms with Gasteiger partial charge in [0.05, 0.1) is 12.8 Å². The summed E-state index contributed by atoms with van der Waals surface area (Å²) >= 11 is 7.01. The number of anilines is 2. The molecule has 5 heteroatoms. The fourth-order valence-corrected chi connectivity index (χ4v) is 3.14. The predicted molar refractivity (Wildman–Crippen MR) is 88.0 cm³/mol. The number of halogens is 2. The van der Waals surface area contributed by atoms with Crippen LogP contribution in [0.2, 0.25) is 0 Å². The molecular weight excluding hydrogens is 386 g/mol. The Morgan fingerprint density at radius 1 is 1.20 bits per heavy atom. The molecule has 3 rings (SSSR count). The topological polar surface area (TPSA) is 21.7 Å². The zero-order valence-corrected chi connectivity index (χ0v) is 14.1. The van der Waals surface area contributed by atoms with E-state index in [9.17, 15) is 0 Å². The van der Waals surface area contributed by atoms with E-state index in [2.05, 4.69) is 42.8 Å². The molecule has 0 aromatic heterocycles. The Morgan fingerprint density at radius 3 is 2.75 bits per heavy atom. The van der Waals surface area contributed by atoms with Crippen molar-refractivity contribution in [3.05, 3.63) is 40.9 Å². The van der Waals surface area contributed by atoms with E-state index in [-0.39, 0.29) is 0 Å². The lowest BCUT2D eigenvalue weighted by molar-refractivity contribution is 0.406. The first-order chi connectivity index (χ1) is 9.74. The summed E-state index contributed by atoms with van der Waals surface area (Å²) in [5, 5.41) is 0.861. The molecule has 104 valence electrons. The van der Waals surface area contributed by atoms with Crippen molar-refractivity contribution in [3.8, 4) is 17.2 Å². The summed E-state index contributed by atoms with van der Waals surface area (Å²) in [4.78, 5) is 2.22. The van der Waals surface area contributed by atoms with Gasteiger partial charge < -0.3 is 14.4 Å². The second kappa shape index (κ2) is 5.66. The number of nitrogens with zero attached hydrogens (tertiary/aromatic N) is 1. The van der Waals surface area contributed by atoms with Crippen molar-refractivity contribution in [1.29, 1.82) is 0 Å². The number of hydrogen-bond acceptors (Lipinski definition) is 3. The maximum Gasteiger partial charge on any atom is 0.156 e. The molecule has 1 heterocycles. The van der Waals surface area contributed by atoms with Crippen LogP contribution >= 0.6 is 31.9 Å². The quantitative estimate of drug-likeness (QED) is 0.671. The standard InChI is InChI=1S/C15H13Br2NO2/c1-19-13-8-10(17)9-14-15(13)18(7-6-16)11-4-2-3-5-12(11)20-14/h2-5,8-9H,6-7H2,1H3. The Balaban J connectivity index is 2.20. The number of methoxy groups -OCH3 is 1. The van der Waals surface area contributed by atoms with Gasteiger partial charge in [0.25, 0.3) is 0 Å². The summed E-state index contributed by atoms with van der Waals surface area (Å²) in [6.07, 6.45) is 0. The van der Waals surface area contributed by atoms with Crippen LogP contribution in [-0.4, -0.2) is 19.0 Å². The first kappa shape index (κ1) is 13.8. The van der Waals surface area contributed by atoms with E-state index in [1.54, 1.807) is 7.11 Å². The molecule has 0 amide bonds. The highest BCUT2D eigenvalue weighted by Gasteiger charge is 2.27. The lowest BCUT2D eigenvalue weighted by atomic mass is 10.1. The third kappa shape index (κ3) is 2.29. The second-order valence-electron chi connectivity index (χ2n) is 4.37. The van der Waals surface area contributed by atoms with Crippen molar-refractivity contribution >= 4 is 43.2 Å². The van der Waals surface area contributed by atoms with Gasteiger partial charge in [-0.2, -0.15) is 0 Å². The van der Waals surface area contributed by atoms with Gasteiger partial charge in [-0.15, -0.1) is 0 Å². The molecule has 0 fully saturated rings. The van der Waals surface area contributed by atoms with Crippen molar-refractivity contribution in [2.24, 2.45) is 0 Å². The zero-order valence-electron chi connectivity index (χ0n) is 10.9. The molecule has 0 unspecified atom stereocenters. The van der Waals surface area contributed by atoms with E-state index < -0.39 is 0 Å². The first-order valence-corrected chi connectivity index (χ1v) is 8.14. The van der Waals surface area contributed by atoms with E-state index >= 15 is 0 Å². The van der Waals surface area contributed by atoms with E-state index in [0.29, 0.717) is 0 Å². The van der Waals surface area contributed by atoms with E-state index in [1.165, 1.54) is 0 Å². The summed E-state index contributed by atoms with van der Waals surface area (Å²) in [5.74, 6) is 2.46. The van der Waals surface area contributed by atoms with Crippen molar-refractivity contribution in [1.82, 2.24) is 0 Å². The van der Waals surface area contributed by atoms with E-state index in [0.717, 1.165) is 45.0 Å². The van der Waals surface area contributed by atoms with Crippen molar-refractivity contribution in [2.75, 3.05) is 23.9 Å². The third-order valence-electron chi connectivity index (χ3n) is 3.18. The molecule has 2 aromatic carbocycles. The molecule has 0 bridgehead atoms. The highest BCUT2D eigenvalue weighted by Crippen LogP contribution is 2.51. The largest absolute Gasteiger partial charge is 0.494 e. The molecule has 3 nitrogen and oxygen atoms in total. The van der Waals surface area contributed by atoms with Crippen LogP contribution in [0.1, 0.15) is 0 Å². The summed E-state index contributed by atoms with van der Waals surface area (Å²) < 4.78 is 12.5. The van der Waals surface area contributed by atoms with Crippen LogP contribution in [0.3, 0.4) is 0 Å². The maximum atomic E-state index is 6.01. The SMILES string of the molecule is COc1cc(Br)cc2c1N(CCBr)c1ccccc1O2. The zero-order chi connectivity index (χ0) is 14.1. The molecular formula is C15H13Br2NO2. The van der Waals surface area contributed by atoms with Gasteiger partial charge >= 0.3 is 0 Å². The van der Waals surface area contributed by atoms with Crippen LogP contribution < -0.4 is 14.4 Å². The summed E-state index contributed by atoms with van der Waals surface area (Å²) in [7, 11) is 1.68. The minimum Gasteiger partial charge on any atom is -0.494 e. The van der Waals surface area contributed by atoms with E-state index in [4.69, 9.17) is 9.47 Å². The molecule has 2 aromatic rings. The molecule has 1 aliphatic rings. The third-order valence-corrected chi connectivity index (χ3v) is 3.99. The van der Waals surface area contributed by atoms with Crippen molar-refractivity contribution < 1.29 is 9.47 Å². The molecule has 0 saturated heterocycles. The fourth-order valence-electron chi connectivity index (χ4n) is 2.37. The average molecular weight is 399 g/mol. The van der Waals surface area contributed by atoms with Crippen LogP contribution in [0.15, 0.2) is 40.9 Å². The first-order valence-electron chi connectivity index (χ1n) is 6.22. The molecule has 0 N–H and O–H groups in total. The molecule has 0 atom stereocenters. The van der Waals surface area contributed by atoms with Crippen LogP contribution in [0.5, 0.6) is 17.2 Å². The number of alkyl halides is 1. The predicted octanol–water partition coefficient (Wildman–Crippen LogP) is 5.10. The van der Waals surface area contributed by atoms with E-state index in [1.807, 2.05) is 30.3 Å². The van der Waals surface area contributed by atoms with Gasteiger partial charge in [-0.05, 0) is 24.3 Å². The number of fused-ring (bicyclic) bond motifs is 2. The number of para-hydroxylation sites is 2. The fraction of sp³-hybridized carbons (Fsp3) is 0.200. The smallest absolute Gasteiger partial charge is 0.156 e. The van der Waals surface area contributed by atoms with Crippen LogP contribution in [0.25, 0.3) is 0 Å². The highest BCUT2D eigenvalue weighted by molar-refractivity contribution is 9.10. The van der Waals surface area contributed by atoms with Gasteiger partial charge in [0.15, 0.2) is 11.5 Å². The van der Waals surface area contributed by atoms with Gasteiger partial charge in [0.1, 0.15) is 11.4 Å². The lowest BCUT2D eigenvalue weighted by Crippen LogP contribution is -2.23. The molecule has 0 saturated carbocycles. The van der Waals surface area contributed by atoms with Crippen LogP contribution in [-0.2, 0) is 0 Å². The Morgan fingerprint density at radius 2 is 2.00 bits per heavy atom. The van der Waals surface area contributed by atoms with Crippen LogP contribution in [0.4, 0.5) is 11.4 Å². The Bertz CT molecular complexity index is 646. The van der Waals surface area contributed by atoms with Crippen molar-refractivity contribution in [3.63, 3.8) is 0 Å². The normalized spacial score (nSPS) is 12.4. The Hall–Kier alpha value is -1.20. The summed E-state index contributed by atoms with van der Waals surface area (Å²) in [6.45, 7) is 0.839. The molecule has 0 spiro atoms. The molecule has 0 aliphatic carbocycles. The van der Waals surface area contributed by atoms with Crippen LogP contribution in [0, 0.1) is 0 Å². The lowest BCUT2D eigenvalue weighted by Gasteiger charge is -2.33. The number of hydrogen-bond donors (Lipinski definition) is 0. The number of ether oxygens (including phenoxy) is 2. The minimum atomic E-state index is 0.796. The number of benzene rings is 2. The second-order valence-corrected chi connectivity index (χ2v) is 6.07. The average Bonchev–Trinajstić information content (AvgIpc) is 2.46. The molecule has 0 radical (unpaired) electrons. The summed E-state index contributed by atoms with van der Waals surface area (Å²) in [5.41, 5.74) is 2.02. The van der Waals surface area contributed by atoms with Gasteiger partial charge in [-0.25, -0.2) is 0 Å². The van der Waals surface area contributed by atoms with Gasteiger partial charge in [0.2, 0.25) is 0 Å². The monoisotopic (exact) mass is 397 g/mol. The van der Waals surface area contributed by atoms with Gasteiger partial charge in [-0.1, -0.05) is 44.0 Å². The maximum absolute atomic E-state index is 6.01. The number of rotatable bonds is 3. The Labute approximate surface area is 134 Å². The van der Waals surface area contributed by atoms with Gasteiger partial charge in [-0.3, -0.25) is 0 Å². The summed E-state index contributed by atoms with van der Waals surface area (Å²) in [6, 6.07) is 12.0. The van der Waals surface area contributed by atoms with Crippen molar-refractivity contribution in [2.45, 2.75) is 0 Å². The Kier molecular flexibility index (Phi) is 3.89. The highest BCUT2D eigenvalue weighted by atomic mass is 79.9.